The topological polar surface area (TPSA) is 79.4 Å². The quantitative estimate of drug-likeness (QED) is 0.602. The summed E-state index contributed by atoms with van der Waals surface area (Å²) in [5, 5.41) is 0. The van der Waals surface area contributed by atoms with E-state index in [0.29, 0.717) is 45.0 Å². The molecule has 1 fully saturated rings. The van der Waals surface area contributed by atoms with Crippen molar-refractivity contribution in [1.82, 2.24) is 9.21 Å². The summed E-state index contributed by atoms with van der Waals surface area (Å²) < 4.78 is 38.1. The highest BCUT2D eigenvalue weighted by atomic mass is 32.2. The summed E-state index contributed by atoms with van der Waals surface area (Å²) in [6, 6.07) is 12.3. The van der Waals surface area contributed by atoms with Crippen LogP contribution in [-0.2, 0) is 10.0 Å². The Morgan fingerprint density at radius 2 is 1.56 bits per heavy atom. The monoisotopic (exact) mass is 461 g/mol. The molecule has 0 atom stereocenters. The second-order valence-corrected chi connectivity index (χ2v) is 9.34. The highest BCUT2D eigenvalue weighted by molar-refractivity contribution is 7.89. The van der Waals surface area contributed by atoms with Gasteiger partial charge in [0.1, 0.15) is 11.5 Å². The van der Waals surface area contributed by atoms with E-state index in [1.54, 1.807) is 31.9 Å². The molecule has 2 aromatic carbocycles. The lowest BCUT2D eigenvalue weighted by atomic mass is 10.1. The molecule has 0 spiro atoms. The minimum absolute atomic E-state index is 0.0954. The van der Waals surface area contributed by atoms with Crippen molar-refractivity contribution in [2.45, 2.75) is 18.7 Å². The smallest absolute Gasteiger partial charge is 0.257 e. The van der Waals surface area contributed by atoms with Gasteiger partial charge in [0.15, 0.2) is 0 Å². The maximum atomic E-state index is 13.3. The fourth-order valence-corrected chi connectivity index (χ4v) is 5.42. The lowest BCUT2D eigenvalue weighted by molar-refractivity contribution is 0.0743. The largest absolute Gasteiger partial charge is 0.496 e. The molecular weight excluding hydrogens is 430 g/mol. The zero-order chi connectivity index (χ0) is 23.3. The summed E-state index contributed by atoms with van der Waals surface area (Å²) in [5.41, 5.74) is 1.25. The van der Waals surface area contributed by atoms with Crippen LogP contribution in [0, 0.1) is 0 Å². The van der Waals surface area contributed by atoms with Gasteiger partial charge < -0.3 is 19.3 Å². The van der Waals surface area contributed by atoms with E-state index < -0.39 is 10.0 Å². The molecule has 0 bridgehead atoms. The zero-order valence-corrected chi connectivity index (χ0v) is 19.9. The predicted molar refractivity (Wildman–Crippen MR) is 124 cm³/mol. The molecule has 0 saturated carbocycles. The number of hydrogen-bond acceptors (Lipinski definition) is 6. The highest BCUT2D eigenvalue weighted by Crippen LogP contribution is 2.30. The molecule has 0 unspecified atom stereocenters. The summed E-state index contributed by atoms with van der Waals surface area (Å²) >= 11 is 0. The molecule has 8 nitrogen and oxygen atoms in total. The Hall–Kier alpha value is -2.78. The van der Waals surface area contributed by atoms with Crippen LogP contribution in [0.3, 0.4) is 0 Å². The van der Waals surface area contributed by atoms with Crippen LogP contribution >= 0.6 is 0 Å². The van der Waals surface area contributed by atoms with Gasteiger partial charge in [0.25, 0.3) is 5.91 Å². The van der Waals surface area contributed by atoms with E-state index in [9.17, 15) is 13.2 Å². The second kappa shape index (κ2) is 10.2. The number of piperazine rings is 1. The van der Waals surface area contributed by atoms with Crippen molar-refractivity contribution in [2.24, 2.45) is 0 Å². The van der Waals surface area contributed by atoms with Crippen molar-refractivity contribution < 1.29 is 22.7 Å². The third kappa shape index (κ3) is 4.68. The molecule has 3 rings (SSSR count). The summed E-state index contributed by atoms with van der Waals surface area (Å²) in [6.45, 7) is 6.60. The molecule has 1 saturated heterocycles. The van der Waals surface area contributed by atoms with Crippen molar-refractivity contribution in [3.63, 3.8) is 0 Å². The van der Waals surface area contributed by atoms with Gasteiger partial charge in [0.05, 0.1) is 30.4 Å². The highest BCUT2D eigenvalue weighted by Gasteiger charge is 2.28. The van der Waals surface area contributed by atoms with E-state index >= 15 is 0 Å². The van der Waals surface area contributed by atoms with Crippen LogP contribution in [0.1, 0.15) is 24.2 Å². The van der Waals surface area contributed by atoms with E-state index in [-0.39, 0.29) is 16.4 Å². The van der Waals surface area contributed by atoms with Gasteiger partial charge in [-0.3, -0.25) is 4.79 Å². The first kappa shape index (κ1) is 23.9. The van der Waals surface area contributed by atoms with Crippen LogP contribution in [0.2, 0.25) is 0 Å². The van der Waals surface area contributed by atoms with E-state index in [1.807, 2.05) is 24.3 Å². The van der Waals surface area contributed by atoms with Crippen molar-refractivity contribution in [3.8, 4) is 11.5 Å². The molecule has 9 heteroatoms. The number of nitrogens with zero attached hydrogens (tertiary/aromatic N) is 3. The molecule has 0 aromatic heterocycles. The third-order valence-electron chi connectivity index (χ3n) is 5.74. The van der Waals surface area contributed by atoms with E-state index in [2.05, 4.69) is 4.90 Å². The van der Waals surface area contributed by atoms with Crippen molar-refractivity contribution in [2.75, 3.05) is 58.4 Å². The number of carbonyl (C=O) groups excluding carboxylic acids is 1. The first-order chi connectivity index (χ1) is 15.4. The van der Waals surface area contributed by atoms with Crippen molar-refractivity contribution >= 4 is 21.6 Å². The molecule has 0 aliphatic carbocycles. The number of para-hydroxylation sites is 2. The fourth-order valence-electron chi connectivity index (χ4n) is 3.94. The molecule has 1 heterocycles. The van der Waals surface area contributed by atoms with Crippen molar-refractivity contribution in [3.05, 3.63) is 48.0 Å². The number of benzene rings is 2. The number of ether oxygens (including phenoxy) is 2. The molecule has 2 aromatic rings. The average Bonchev–Trinajstić information content (AvgIpc) is 2.83. The first-order valence-electron chi connectivity index (χ1n) is 10.7. The number of anilines is 1. The van der Waals surface area contributed by atoms with Gasteiger partial charge in [0, 0.05) is 39.3 Å². The van der Waals surface area contributed by atoms with Crippen LogP contribution in [0.25, 0.3) is 0 Å². The molecule has 32 heavy (non-hydrogen) atoms. The van der Waals surface area contributed by atoms with Gasteiger partial charge >= 0.3 is 0 Å². The summed E-state index contributed by atoms with van der Waals surface area (Å²) in [5.74, 6) is 0.919. The molecule has 1 aliphatic heterocycles. The Kier molecular flexibility index (Phi) is 7.63. The zero-order valence-electron chi connectivity index (χ0n) is 19.1. The van der Waals surface area contributed by atoms with Gasteiger partial charge in [0.2, 0.25) is 10.0 Å². The van der Waals surface area contributed by atoms with Gasteiger partial charge in [-0.15, -0.1) is 0 Å². The molecule has 0 N–H and O–H groups in total. The molecule has 1 aliphatic rings. The lowest BCUT2D eigenvalue weighted by Crippen LogP contribution is -2.49. The maximum absolute atomic E-state index is 13.3. The SMILES string of the molecule is CCN(CC)S(=O)(=O)c1ccc(OC)c(C(=O)N2CCN(c3ccccc3OC)CC2)c1. The molecule has 0 radical (unpaired) electrons. The summed E-state index contributed by atoms with van der Waals surface area (Å²) in [4.78, 5) is 17.3. The lowest BCUT2D eigenvalue weighted by Gasteiger charge is -2.36. The number of carbonyl (C=O) groups is 1. The standard InChI is InChI=1S/C23H31N3O5S/c1-5-26(6-2)32(28,29)18-11-12-21(30-3)19(17-18)23(27)25-15-13-24(14-16-25)20-9-7-8-10-22(20)31-4/h7-12,17H,5-6,13-16H2,1-4H3. The van der Waals surface area contributed by atoms with Crippen molar-refractivity contribution in [1.29, 1.82) is 0 Å². The predicted octanol–water partition coefficient (Wildman–Crippen LogP) is 2.70. The van der Waals surface area contributed by atoms with Gasteiger partial charge in [-0.05, 0) is 30.3 Å². The van der Waals surface area contributed by atoms with Crippen LogP contribution in [0.5, 0.6) is 11.5 Å². The Labute approximate surface area is 190 Å². The van der Waals surface area contributed by atoms with Gasteiger partial charge in [-0.2, -0.15) is 4.31 Å². The van der Waals surface area contributed by atoms with E-state index in [4.69, 9.17) is 9.47 Å². The normalized spacial score (nSPS) is 14.5. The van der Waals surface area contributed by atoms with Crippen LogP contribution in [-0.4, -0.2) is 77.0 Å². The Balaban J connectivity index is 1.82. The number of hydrogen-bond donors (Lipinski definition) is 0. The van der Waals surface area contributed by atoms with Gasteiger partial charge in [-0.1, -0.05) is 26.0 Å². The fraction of sp³-hybridized carbons (Fsp3) is 0.435. The molecule has 1 amide bonds. The maximum Gasteiger partial charge on any atom is 0.257 e. The van der Waals surface area contributed by atoms with E-state index in [0.717, 1.165) is 11.4 Å². The van der Waals surface area contributed by atoms with Crippen LogP contribution < -0.4 is 14.4 Å². The molecule has 174 valence electrons. The minimum atomic E-state index is -3.68. The first-order valence-corrected chi connectivity index (χ1v) is 12.2. The Morgan fingerprint density at radius 3 is 2.16 bits per heavy atom. The molecular formula is C23H31N3O5S. The minimum Gasteiger partial charge on any atom is -0.496 e. The number of amides is 1. The number of sulfonamides is 1. The average molecular weight is 462 g/mol. The van der Waals surface area contributed by atoms with Crippen LogP contribution in [0.15, 0.2) is 47.4 Å². The Morgan fingerprint density at radius 1 is 0.938 bits per heavy atom. The summed E-state index contributed by atoms with van der Waals surface area (Å²) in [6.07, 6.45) is 0. The summed E-state index contributed by atoms with van der Waals surface area (Å²) in [7, 11) is -0.561. The van der Waals surface area contributed by atoms with E-state index in [1.165, 1.54) is 23.5 Å². The number of rotatable bonds is 8. The third-order valence-corrected chi connectivity index (χ3v) is 7.78. The van der Waals surface area contributed by atoms with Crippen LogP contribution in [0.4, 0.5) is 5.69 Å². The number of methoxy groups -OCH3 is 2. The van der Waals surface area contributed by atoms with Gasteiger partial charge in [-0.25, -0.2) is 8.42 Å². The Bertz CT molecular complexity index is 1050. The second-order valence-electron chi connectivity index (χ2n) is 7.40.